The molecule has 1 fully saturated rings. The van der Waals surface area contributed by atoms with E-state index < -0.39 is 0 Å². The van der Waals surface area contributed by atoms with Crippen molar-refractivity contribution >= 4 is 0 Å². The maximum Gasteiger partial charge on any atom is 0.122 e. The molecule has 1 aromatic rings. The van der Waals surface area contributed by atoms with Crippen molar-refractivity contribution in [2.75, 3.05) is 0 Å². The number of aryl methyl sites for hydroxylation is 1. The highest BCUT2D eigenvalue weighted by Gasteiger charge is 2.25. The van der Waals surface area contributed by atoms with E-state index in [0.717, 1.165) is 5.56 Å². The van der Waals surface area contributed by atoms with Crippen molar-refractivity contribution in [3.8, 4) is 5.75 Å². The molecule has 0 heterocycles. The molecule has 0 aromatic heterocycles. The molecule has 1 N–H and O–H groups in total. The molecule has 1 nitrogen and oxygen atoms in total. The lowest BCUT2D eigenvalue weighted by Crippen LogP contribution is -2.14. The molecule has 0 radical (unpaired) electrons. The summed E-state index contributed by atoms with van der Waals surface area (Å²) in [5.41, 5.74) is 3.86. The molecule has 0 atom stereocenters. The molecule has 166 valence electrons. The Morgan fingerprint density at radius 1 is 0.793 bits per heavy atom. The van der Waals surface area contributed by atoms with Crippen LogP contribution >= 0.6 is 0 Å². The van der Waals surface area contributed by atoms with E-state index in [1.54, 1.807) is 0 Å². The van der Waals surface area contributed by atoms with Gasteiger partial charge in [-0.3, -0.25) is 0 Å². The fourth-order valence-electron chi connectivity index (χ4n) is 4.98. The number of hydrogen-bond acceptors (Lipinski definition) is 1. The standard InChI is InChI=1S/C28H48O/c1-5-6-7-8-9-10-11-12-13-15-18-23-21-25(24-19-16-14-17-20-24)27(29)26(22-23)28(2,3)4/h21-22,24,29H,5-20H2,1-4H3. The zero-order chi connectivity index (χ0) is 21.1. The summed E-state index contributed by atoms with van der Waals surface area (Å²) in [5.74, 6) is 1.16. The van der Waals surface area contributed by atoms with E-state index in [4.69, 9.17) is 0 Å². The fourth-order valence-corrected chi connectivity index (χ4v) is 4.98. The molecule has 0 saturated heterocycles. The summed E-state index contributed by atoms with van der Waals surface area (Å²) in [6, 6.07) is 4.66. The van der Waals surface area contributed by atoms with Gasteiger partial charge in [0.25, 0.3) is 0 Å². The van der Waals surface area contributed by atoms with Crippen LogP contribution in [0.5, 0.6) is 5.75 Å². The Labute approximate surface area is 181 Å². The topological polar surface area (TPSA) is 20.2 Å². The number of rotatable bonds is 12. The lowest BCUT2D eigenvalue weighted by atomic mass is 9.78. The van der Waals surface area contributed by atoms with E-state index in [9.17, 15) is 5.11 Å². The molecule has 2 rings (SSSR count). The monoisotopic (exact) mass is 400 g/mol. The quantitative estimate of drug-likeness (QED) is 0.347. The highest BCUT2D eigenvalue weighted by molar-refractivity contribution is 5.48. The maximum atomic E-state index is 11.0. The van der Waals surface area contributed by atoms with Gasteiger partial charge in [0, 0.05) is 0 Å². The number of unbranched alkanes of at least 4 members (excludes halogenated alkanes) is 9. The Morgan fingerprint density at radius 2 is 1.34 bits per heavy atom. The minimum absolute atomic E-state index is 0.00128. The summed E-state index contributed by atoms with van der Waals surface area (Å²) in [7, 11) is 0. The van der Waals surface area contributed by atoms with Gasteiger partial charge in [0.2, 0.25) is 0 Å². The minimum atomic E-state index is 0.00128. The van der Waals surface area contributed by atoms with Crippen LogP contribution in [0.25, 0.3) is 0 Å². The summed E-state index contributed by atoms with van der Waals surface area (Å²) in [6.07, 6.45) is 21.5. The van der Waals surface area contributed by atoms with Gasteiger partial charge in [0.05, 0.1) is 0 Å². The zero-order valence-electron chi connectivity index (χ0n) is 20.0. The summed E-state index contributed by atoms with van der Waals surface area (Å²) >= 11 is 0. The van der Waals surface area contributed by atoms with Gasteiger partial charge in [-0.2, -0.15) is 0 Å². The second-order valence-electron chi connectivity index (χ2n) is 10.6. The van der Waals surface area contributed by atoms with Crippen molar-refractivity contribution in [3.05, 3.63) is 28.8 Å². The third-order valence-electron chi connectivity index (χ3n) is 6.87. The van der Waals surface area contributed by atoms with Crippen LogP contribution in [0.15, 0.2) is 12.1 Å². The van der Waals surface area contributed by atoms with Gasteiger partial charge in [0.1, 0.15) is 5.75 Å². The Morgan fingerprint density at radius 3 is 1.90 bits per heavy atom. The molecule has 0 bridgehead atoms. The number of aromatic hydroxyl groups is 1. The molecule has 0 amide bonds. The van der Waals surface area contributed by atoms with E-state index in [1.165, 1.54) is 114 Å². The normalized spacial score (nSPS) is 15.7. The van der Waals surface area contributed by atoms with E-state index in [2.05, 4.69) is 39.8 Å². The maximum absolute atomic E-state index is 11.0. The van der Waals surface area contributed by atoms with Crippen molar-refractivity contribution in [3.63, 3.8) is 0 Å². The molecule has 1 aromatic carbocycles. The van der Waals surface area contributed by atoms with Gasteiger partial charge in [-0.15, -0.1) is 0 Å². The number of benzene rings is 1. The molecular weight excluding hydrogens is 352 g/mol. The molecule has 29 heavy (non-hydrogen) atoms. The second-order valence-corrected chi connectivity index (χ2v) is 10.6. The summed E-state index contributed by atoms with van der Waals surface area (Å²) in [4.78, 5) is 0. The molecule has 0 unspecified atom stereocenters. The van der Waals surface area contributed by atoms with E-state index in [0.29, 0.717) is 11.7 Å². The van der Waals surface area contributed by atoms with Gasteiger partial charge in [0.15, 0.2) is 0 Å². The van der Waals surface area contributed by atoms with Gasteiger partial charge < -0.3 is 5.11 Å². The highest BCUT2D eigenvalue weighted by atomic mass is 16.3. The highest BCUT2D eigenvalue weighted by Crippen LogP contribution is 2.42. The number of hydrogen-bond donors (Lipinski definition) is 1. The van der Waals surface area contributed by atoms with Crippen LogP contribution in [-0.2, 0) is 11.8 Å². The van der Waals surface area contributed by atoms with E-state index in [1.807, 2.05) is 0 Å². The lowest BCUT2D eigenvalue weighted by molar-refractivity contribution is 0.402. The molecule has 1 aliphatic carbocycles. The molecule has 1 aliphatic rings. The van der Waals surface area contributed by atoms with Crippen LogP contribution in [0, 0.1) is 0 Å². The smallest absolute Gasteiger partial charge is 0.122 e. The summed E-state index contributed by atoms with van der Waals surface area (Å²) in [5, 5.41) is 11.0. The van der Waals surface area contributed by atoms with Gasteiger partial charge in [-0.05, 0) is 53.7 Å². The molecule has 0 aliphatic heterocycles. The Kier molecular flexibility index (Phi) is 10.6. The Balaban J connectivity index is 1.86. The fraction of sp³-hybridized carbons (Fsp3) is 0.786. The molecular formula is C28H48O. The minimum Gasteiger partial charge on any atom is -0.507 e. The van der Waals surface area contributed by atoms with Crippen molar-refractivity contribution < 1.29 is 5.11 Å². The van der Waals surface area contributed by atoms with Crippen molar-refractivity contribution in [1.29, 1.82) is 0 Å². The first-order valence-corrected chi connectivity index (χ1v) is 12.8. The van der Waals surface area contributed by atoms with Crippen LogP contribution in [0.3, 0.4) is 0 Å². The van der Waals surface area contributed by atoms with E-state index in [-0.39, 0.29) is 5.41 Å². The Hall–Kier alpha value is -0.980. The average molecular weight is 401 g/mol. The predicted octanol–water partition coefficient (Wildman–Crippen LogP) is 9.20. The van der Waals surface area contributed by atoms with Crippen LogP contribution < -0.4 is 0 Å². The second kappa shape index (κ2) is 12.7. The van der Waals surface area contributed by atoms with Crippen molar-refractivity contribution in [2.24, 2.45) is 0 Å². The van der Waals surface area contributed by atoms with Crippen LogP contribution in [0.1, 0.15) is 147 Å². The van der Waals surface area contributed by atoms with Crippen LogP contribution in [0.4, 0.5) is 0 Å². The number of phenolic OH excluding ortho intramolecular Hbond substituents is 1. The summed E-state index contributed by atoms with van der Waals surface area (Å²) in [6.45, 7) is 8.99. The lowest BCUT2D eigenvalue weighted by Gasteiger charge is -2.28. The first kappa shape index (κ1) is 24.3. The first-order chi connectivity index (χ1) is 13.9. The van der Waals surface area contributed by atoms with Crippen LogP contribution in [-0.4, -0.2) is 5.11 Å². The largest absolute Gasteiger partial charge is 0.507 e. The molecule has 1 heteroatoms. The van der Waals surface area contributed by atoms with Crippen LogP contribution in [0.2, 0.25) is 0 Å². The predicted molar refractivity (Wildman–Crippen MR) is 128 cm³/mol. The van der Waals surface area contributed by atoms with Crippen molar-refractivity contribution in [1.82, 2.24) is 0 Å². The zero-order valence-corrected chi connectivity index (χ0v) is 20.0. The van der Waals surface area contributed by atoms with E-state index >= 15 is 0 Å². The first-order valence-electron chi connectivity index (χ1n) is 12.8. The SMILES string of the molecule is CCCCCCCCCCCCc1cc(C2CCCCC2)c(O)c(C(C)(C)C)c1. The average Bonchev–Trinajstić information content (AvgIpc) is 2.70. The molecule has 1 saturated carbocycles. The third-order valence-corrected chi connectivity index (χ3v) is 6.87. The van der Waals surface area contributed by atoms with Crippen molar-refractivity contribution in [2.45, 2.75) is 142 Å². The third kappa shape index (κ3) is 8.35. The summed E-state index contributed by atoms with van der Waals surface area (Å²) < 4.78 is 0. The Bertz CT molecular complexity index is 575. The number of phenols is 1. The van der Waals surface area contributed by atoms with Gasteiger partial charge in [-0.1, -0.05) is 117 Å². The van der Waals surface area contributed by atoms with Gasteiger partial charge >= 0.3 is 0 Å². The van der Waals surface area contributed by atoms with Gasteiger partial charge in [-0.25, -0.2) is 0 Å². The molecule has 0 spiro atoms.